The number of hydrogen-bond donors (Lipinski definition) is 2. The van der Waals surface area contributed by atoms with E-state index in [2.05, 4.69) is 20.2 Å². The third-order valence-corrected chi connectivity index (χ3v) is 6.16. The van der Waals surface area contributed by atoms with Gasteiger partial charge in [-0.25, -0.2) is 9.97 Å². The summed E-state index contributed by atoms with van der Waals surface area (Å²) in [7, 11) is 1.65. The highest BCUT2D eigenvalue weighted by atomic mass is 16.5. The maximum Gasteiger partial charge on any atom is 0.222 e. The van der Waals surface area contributed by atoms with Crippen molar-refractivity contribution in [2.24, 2.45) is 0 Å². The number of aromatic nitrogens is 2. The summed E-state index contributed by atoms with van der Waals surface area (Å²) in [6.07, 6.45) is 4.22. The summed E-state index contributed by atoms with van der Waals surface area (Å²) in [6.45, 7) is 2.27. The molecule has 2 fully saturated rings. The minimum absolute atomic E-state index is 0.0608. The number of benzene rings is 1. The van der Waals surface area contributed by atoms with Crippen molar-refractivity contribution in [2.45, 2.75) is 56.7 Å². The Morgan fingerprint density at radius 3 is 2.85 bits per heavy atom. The summed E-state index contributed by atoms with van der Waals surface area (Å²) in [5, 5.41) is 13.3. The van der Waals surface area contributed by atoms with Gasteiger partial charge in [0.1, 0.15) is 12.1 Å². The molecule has 2 aliphatic heterocycles. The molecule has 0 spiro atoms. The van der Waals surface area contributed by atoms with E-state index in [0.29, 0.717) is 32.7 Å². The molecule has 3 heterocycles. The van der Waals surface area contributed by atoms with Gasteiger partial charge < -0.3 is 24.6 Å². The van der Waals surface area contributed by atoms with E-state index in [4.69, 9.17) is 14.2 Å². The number of amides is 1. The first-order valence-corrected chi connectivity index (χ1v) is 11.4. The highest BCUT2D eigenvalue weighted by molar-refractivity contribution is 5.76. The number of nitrogens with zero attached hydrogens (tertiary/aromatic N) is 3. The highest BCUT2D eigenvalue weighted by Gasteiger charge is 2.38. The standard InChI is InChI=1S/C24H32N4O5/c1-31-20-4-2-17(3-5-20)12-28-13-19(29)14-32-15-23-22(28)7-6-21(33-23)10-24(30)26-11-18-8-9-25-16-27-18/h2-5,8-9,16,19,21-23,29H,6-7,10-15H2,1H3,(H,26,30)/t19-,21-,22-,23+/m0/s1. The Hall–Kier alpha value is -2.59. The first kappa shape index (κ1) is 23.6. The van der Waals surface area contributed by atoms with Crippen molar-refractivity contribution >= 4 is 5.91 Å². The Kier molecular flexibility index (Phi) is 8.22. The monoisotopic (exact) mass is 456 g/mol. The fourth-order valence-corrected chi connectivity index (χ4v) is 4.48. The van der Waals surface area contributed by atoms with Crippen LogP contribution in [0, 0.1) is 0 Å². The van der Waals surface area contributed by atoms with Crippen LogP contribution in [0.25, 0.3) is 0 Å². The van der Waals surface area contributed by atoms with E-state index in [1.807, 2.05) is 24.3 Å². The molecule has 4 rings (SSSR count). The number of fused-ring (bicyclic) bond motifs is 1. The maximum atomic E-state index is 12.4. The Labute approximate surface area is 194 Å². The third-order valence-electron chi connectivity index (χ3n) is 6.16. The predicted octanol–water partition coefficient (Wildman–Crippen LogP) is 1.30. The molecule has 2 aromatic rings. The minimum Gasteiger partial charge on any atom is -0.497 e. The second-order valence-corrected chi connectivity index (χ2v) is 8.59. The van der Waals surface area contributed by atoms with Crippen LogP contribution < -0.4 is 10.1 Å². The Bertz CT molecular complexity index is 882. The second-order valence-electron chi connectivity index (χ2n) is 8.59. The summed E-state index contributed by atoms with van der Waals surface area (Å²) in [5.41, 5.74) is 1.92. The third kappa shape index (κ3) is 6.70. The number of nitrogens with one attached hydrogen (secondary N) is 1. The zero-order valence-corrected chi connectivity index (χ0v) is 18.9. The summed E-state index contributed by atoms with van der Waals surface area (Å²) in [5.74, 6) is 0.758. The van der Waals surface area contributed by atoms with Gasteiger partial charge >= 0.3 is 0 Å². The Morgan fingerprint density at radius 2 is 2.09 bits per heavy atom. The molecular weight excluding hydrogens is 424 g/mol. The summed E-state index contributed by atoms with van der Waals surface area (Å²) >= 11 is 0. The van der Waals surface area contributed by atoms with Crippen LogP contribution in [0.15, 0.2) is 42.9 Å². The number of ether oxygens (including phenoxy) is 3. The zero-order valence-electron chi connectivity index (χ0n) is 18.9. The van der Waals surface area contributed by atoms with Crippen LogP contribution in [-0.4, -0.2) is 77.1 Å². The minimum atomic E-state index is -0.547. The topological polar surface area (TPSA) is 106 Å². The molecule has 0 unspecified atom stereocenters. The first-order chi connectivity index (χ1) is 16.1. The Balaban J connectivity index is 1.34. The lowest BCUT2D eigenvalue weighted by Crippen LogP contribution is -2.55. The van der Waals surface area contributed by atoms with Crippen molar-refractivity contribution < 1.29 is 24.1 Å². The number of hydrogen-bond acceptors (Lipinski definition) is 8. The largest absolute Gasteiger partial charge is 0.497 e. The predicted molar refractivity (Wildman–Crippen MR) is 120 cm³/mol. The summed E-state index contributed by atoms with van der Waals surface area (Å²) in [6, 6.07) is 9.88. The van der Waals surface area contributed by atoms with Crippen LogP contribution in [0.2, 0.25) is 0 Å². The molecule has 1 aromatic heterocycles. The van der Waals surface area contributed by atoms with Crippen LogP contribution in [0.3, 0.4) is 0 Å². The van der Waals surface area contributed by atoms with Gasteiger partial charge in [-0.15, -0.1) is 0 Å². The molecule has 2 aliphatic rings. The number of carbonyl (C=O) groups excluding carboxylic acids is 1. The quantitative estimate of drug-likeness (QED) is 0.642. The molecular formula is C24H32N4O5. The zero-order chi connectivity index (χ0) is 23.0. The maximum absolute atomic E-state index is 12.4. The highest BCUT2D eigenvalue weighted by Crippen LogP contribution is 2.29. The van der Waals surface area contributed by atoms with Crippen molar-refractivity contribution in [3.05, 3.63) is 54.1 Å². The molecule has 2 saturated heterocycles. The van der Waals surface area contributed by atoms with Gasteiger partial charge in [0, 0.05) is 25.3 Å². The average Bonchev–Trinajstić information content (AvgIpc) is 2.83. The number of aliphatic hydroxyl groups excluding tert-OH is 1. The Morgan fingerprint density at radius 1 is 1.24 bits per heavy atom. The van der Waals surface area contributed by atoms with Crippen molar-refractivity contribution in [2.75, 3.05) is 26.9 Å². The summed E-state index contributed by atoms with van der Waals surface area (Å²) in [4.78, 5) is 22.7. The van der Waals surface area contributed by atoms with Crippen molar-refractivity contribution in [3.8, 4) is 5.75 Å². The lowest BCUT2D eigenvalue weighted by atomic mass is 9.94. The molecule has 0 bridgehead atoms. The van der Waals surface area contributed by atoms with Gasteiger partial charge in [0.05, 0.1) is 57.3 Å². The van der Waals surface area contributed by atoms with E-state index in [1.54, 1.807) is 19.4 Å². The average molecular weight is 457 g/mol. The van der Waals surface area contributed by atoms with E-state index >= 15 is 0 Å². The number of carbonyl (C=O) groups is 1. The molecule has 9 heteroatoms. The number of β-amino-alcohol motifs (C(OH)–C–C–N with tert-alkyl or cyclic N) is 1. The smallest absolute Gasteiger partial charge is 0.222 e. The van der Waals surface area contributed by atoms with Crippen molar-refractivity contribution in [3.63, 3.8) is 0 Å². The SMILES string of the molecule is COc1ccc(CN2C[C@H](O)COC[C@H]3O[C@H](CC(=O)NCc4ccncn4)CC[C@@H]32)cc1. The molecule has 9 nitrogen and oxygen atoms in total. The molecule has 0 saturated carbocycles. The lowest BCUT2D eigenvalue weighted by molar-refractivity contribution is -0.158. The molecule has 33 heavy (non-hydrogen) atoms. The van der Waals surface area contributed by atoms with Gasteiger partial charge in [-0.05, 0) is 36.6 Å². The van der Waals surface area contributed by atoms with Gasteiger partial charge in [0.15, 0.2) is 0 Å². The van der Waals surface area contributed by atoms with Gasteiger partial charge in [0.25, 0.3) is 0 Å². The second kappa shape index (κ2) is 11.5. The van der Waals surface area contributed by atoms with Crippen LogP contribution in [-0.2, 0) is 27.4 Å². The number of methoxy groups -OCH3 is 1. The van der Waals surface area contributed by atoms with E-state index in [0.717, 1.165) is 29.8 Å². The summed E-state index contributed by atoms with van der Waals surface area (Å²) < 4.78 is 17.3. The van der Waals surface area contributed by atoms with Crippen LogP contribution in [0.4, 0.5) is 0 Å². The molecule has 2 N–H and O–H groups in total. The molecule has 1 amide bonds. The van der Waals surface area contributed by atoms with Crippen molar-refractivity contribution in [1.29, 1.82) is 0 Å². The van der Waals surface area contributed by atoms with Crippen LogP contribution >= 0.6 is 0 Å². The van der Waals surface area contributed by atoms with Crippen LogP contribution in [0.1, 0.15) is 30.5 Å². The molecule has 0 aliphatic carbocycles. The fraction of sp³-hybridized carbons (Fsp3) is 0.542. The van der Waals surface area contributed by atoms with E-state index in [9.17, 15) is 9.90 Å². The van der Waals surface area contributed by atoms with E-state index < -0.39 is 6.10 Å². The van der Waals surface area contributed by atoms with Crippen molar-refractivity contribution in [1.82, 2.24) is 20.2 Å². The normalized spacial score (nSPS) is 26.0. The molecule has 1 aromatic carbocycles. The molecule has 4 atom stereocenters. The van der Waals surface area contributed by atoms with Gasteiger partial charge in [0.2, 0.25) is 5.91 Å². The van der Waals surface area contributed by atoms with Gasteiger partial charge in [-0.1, -0.05) is 12.1 Å². The lowest BCUT2D eigenvalue weighted by Gasteiger charge is -2.44. The van der Waals surface area contributed by atoms with Gasteiger partial charge in [-0.3, -0.25) is 9.69 Å². The van der Waals surface area contributed by atoms with Crippen LogP contribution in [0.5, 0.6) is 5.75 Å². The van der Waals surface area contributed by atoms with Gasteiger partial charge in [-0.2, -0.15) is 0 Å². The van der Waals surface area contributed by atoms with E-state index in [1.165, 1.54) is 6.33 Å². The molecule has 178 valence electrons. The number of aliphatic hydroxyl groups is 1. The van der Waals surface area contributed by atoms with E-state index in [-0.39, 0.29) is 30.8 Å². The fourth-order valence-electron chi connectivity index (χ4n) is 4.48. The first-order valence-electron chi connectivity index (χ1n) is 11.4. The number of rotatable bonds is 7. The molecule has 0 radical (unpaired) electrons.